The number of aromatic nitrogens is 2. The maximum absolute atomic E-state index is 4.31. The first kappa shape index (κ1) is 14.5. The van der Waals surface area contributed by atoms with Crippen molar-refractivity contribution in [2.75, 3.05) is 0 Å². The quantitative estimate of drug-likeness (QED) is 0.786. The number of benzene rings is 1. The van der Waals surface area contributed by atoms with Gasteiger partial charge in [-0.25, -0.2) is 4.68 Å². The molecule has 1 heterocycles. The zero-order valence-corrected chi connectivity index (χ0v) is 13.6. The van der Waals surface area contributed by atoms with Crippen LogP contribution in [0.2, 0.25) is 0 Å². The molecule has 0 saturated carbocycles. The smallest absolute Gasteiger partial charge is 0.0646 e. The van der Waals surface area contributed by atoms with Crippen molar-refractivity contribution < 1.29 is 0 Å². The molecule has 2 aromatic rings. The SMILES string of the molecule is CCC(CC)NCc1ccc(-n2cc(I)cn2)cc1. The van der Waals surface area contributed by atoms with E-state index in [0.29, 0.717) is 6.04 Å². The third kappa shape index (κ3) is 4.04. The van der Waals surface area contributed by atoms with Crippen molar-refractivity contribution in [2.45, 2.75) is 39.3 Å². The van der Waals surface area contributed by atoms with Crippen LogP contribution in [-0.4, -0.2) is 15.8 Å². The molecule has 1 N–H and O–H groups in total. The molecule has 0 radical (unpaired) electrons. The van der Waals surface area contributed by atoms with Crippen LogP contribution in [0, 0.1) is 3.57 Å². The molecule has 0 aliphatic heterocycles. The lowest BCUT2D eigenvalue weighted by Gasteiger charge is -2.14. The van der Waals surface area contributed by atoms with Crippen molar-refractivity contribution in [2.24, 2.45) is 0 Å². The van der Waals surface area contributed by atoms with E-state index in [1.54, 1.807) is 0 Å². The van der Waals surface area contributed by atoms with Crippen LogP contribution in [0.15, 0.2) is 36.7 Å². The fourth-order valence-electron chi connectivity index (χ4n) is 2.05. The number of hydrogen-bond donors (Lipinski definition) is 1. The molecule has 3 nitrogen and oxygen atoms in total. The second-order valence-electron chi connectivity index (χ2n) is 4.66. The molecular formula is C15H20IN3. The van der Waals surface area contributed by atoms with E-state index < -0.39 is 0 Å². The summed E-state index contributed by atoms with van der Waals surface area (Å²) in [4.78, 5) is 0. The highest BCUT2D eigenvalue weighted by molar-refractivity contribution is 14.1. The third-order valence-electron chi connectivity index (χ3n) is 3.33. The minimum Gasteiger partial charge on any atom is -0.310 e. The predicted octanol–water partition coefficient (Wildman–Crippen LogP) is 3.76. The number of halogens is 1. The molecule has 4 heteroatoms. The zero-order chi connectivity index (χ0) is 13.7. The van der Waals surface area contributed by atoms with E-state index in [4.69, 9.17) is 0 Å². The van der Waals surface area contributed by atoms with Gasteiger partial charge in [-0.3, -0.25) is 0 Å². The summed E-state index contributed by atoms with van der Waals surface area (Å²) in [5.41, 5.74) is 2.42. The Bertz CT molecular complexity index is 500. The van der Waals surface area contributed by atoms with Gasteiger partial charge < -0.3 is 5.32 Å². The lowest BCUT2D eigenvalue weighted by Crippen LogP contribution is -2.26. The molecule has 2 rings (SSSR count). The number of rotatable bonds is 6. The molecule has 0 spiro atoms. The highest BCUT2D eigenvalue weighted by Crippen LogP contribution is 2.11. The maximum atomic E-state index is 4.31. The first-order chi connectivity index (χ1) is 9.22. The van der Waals surface area contributed by atoms with Crippen molar-refractivity contribution in [3.8, 4) is 5.69 Å². The van der Waals surface area contributed by atoms with Gasteiger partial charge in [-0.1, -0.05) is 26.0 Å². The van der Waals surface area contributed by atoms with Crippen molar-refractivity contribution in [1.82, 2.24) is 15.1 Å². The molecule has 0 aliphatic carbocycles. The Hall–Kier alpha value is -0.880. The van der Waals surface area contributed by atoms with Gasteiger partial charge in [0, 0.05) is 18.8 Å². The summed E-state index contributed by atoms with van der Waals surface area (Å²) in [5.74, 6) is 0. The van der Waals surface area contributed by atoms with Crippen molar-refractivity contribution in [3.63, 3.8) is 0 Å². The van der Waals surface area contributed by atoms with Gasteiger partial charge in [-0.15, -0.1) is 0 Å². The van der Waals surface area contributed by atoms with Gasteiger partial charge in [0.2, 0.25) is 0 Å². The summed E-state index contributed by atoms with van der Waals surface area (Å²) < 4.78 is 3.05. The second kappa shape index (κ2) is 7.05. The molecule has 0 amide bonds. The van der Waals surface area contributed by atoms with E-state index in [0.717, 1.165) is 15.8 Å². The Kier molecular flexibility index (Phi) is 5.39. The van der Waals surface area contributed by atoms with E-state index in [-0.39, 0.29) is 0 Å². The standard InChI is InChI=1S/C15H20IN3/c1-3-14(4-2)17-9-12-5-7-15(8-6-12)19-11-13(16)10-18-19/h5-8,10-11,14,17H,3-4,9H2,1-2H3. The molecule has 1 aromatic carbocycles. The van der Waals surface area contributed by atoms with E-state index >= 15 is 0 Å². The molecule has 0 aliphatic rings. The topological polar surface area (TPSA) is 29.9 Å². The van der Waals surface area contributed by atoms with Crippen LogP contribution in [0.4, 0.5) is 0 Å². The Morgan fingerprint density at radius 3 is 2.42 bits per heavy atom. The van der Waals surface area contributed by atoms with Gasteiger partial charge >= 0.3 is 0 Å². The van der Waals surface area contributed by atoms with Gasteiger partial charge in [0.1, 0.15) is 0 Å². The molecule has 0 saturated heterocycles. The number of nitrogens with zero attached hydrogens (tertiary/aromatic N) is 2. The van der Waals surface area contributed by atoms with Gasteiger partial charge in [-0.2, -0.15) is 5.10 Å². The number of hydrogen-bond acceptors (Lipinski definition) is 2. The summed E-state index contributed by atoms with van der Waals surface area (Å²) >= 11 is 2.27. The normalized spacial score (nSPS) is 11.2. The molecule has 0 fully saturated rings. The minimum atomic E-state index is 0.618. The van der Waals surface area contributed by atoms with Crippen LogP contribution in [0.1, 0.15) is 32.3 Å². The van der Waals surface area contributed by atoms with E-state index in [2.05, 4.69) is 71.1 Å². The van der Waals surface area contributed by atoms with Crippen LogP contribution < -0.4 is 5.32 Å². The number of nitrogens with one attached hydrogen (secondary N) is 1. The maximum Gasteiger partial charge on any atom is 0.0646 e. The molecule has 102 valence electrons. The lowest BCUT2D eigenvalue weighted by atomic mass is 10.1. The Morgan fingerprint density at radius 2 is 1.89 bits per heavy atom. The van der Waals surface area contributed by atoms with Crippen LogP contribution >= 0.6 is 22.6 Å². The predicted molar refractivity (Wildman–Crippen MR) is 87.5 cm³/mol. The molecule has 0 bridgehead atoms. The first-order valence-corrected chi connectivity index (χ1v) is 7.83. The van der Waals surface area contributed by atoms with E-state index in [9.17, 15) is 0 Å². The molecule has 19 heavy (non-hydrogen) atoms. The fraction of sp³-hybridized carbons (Fsp3) is 0.400. The highest BCUT2D eigenvalue weighted by Gasteiger charge is 2.03. The van der Waals surface area contributed by atoms with Gasteiger partial charge in [0.25, 0.3) is 0 Å². The summed E-state index contributed by atoms with van der Waals surface area (Å²) in [6.45, 7) is 5.39. The zero-order valence-electron chi connectivity index (χ0n) is 11.4. The summed E-state index contributed by atoms with van der Waals surface area (Å²) in [6.07, 6.45) is 6.25. The van der Waals surface area contributed by atoms with Crippen molar-refractivity contribution >= 4 is 22.6 Å². The average molecular weight is 369 g/mol. The Labute approximate surface area is 128 Å². The third-order valence-corrected chi connectivity index (χ3v) is 3.89. The molecule has 1 aromatic heterocycles. The molecular weight excluding hydrogens is 349 g/mol. The Morgan fingerprint density at radius 1 is 1.21 bits per heavy atom. The van der Waals surface area contributed by atoms with Crippen LogP contribution in [0.5, 0.6) is 0 Å². The van der Waals surface area contributed by atoms with Gasteiger partial charge in [0.05, 0.1) is 15.5 Å². The summed E-state index contributed by atoms with van der Waals surface area (Å²) in [6, 6.07) is 9.19. The van der Waals surface area contributed by atoms with Crippen LogP contribution in [0.3, 0.4) is 0 Å². The molecule has 0 atom stereocenters. The fourth-order valence-corrected chi connectivity index (χ4v) is 2.44. The largest absolute Gasteiger partial charge is 0.310 e. The average Bonchev–Trinajstić information content (AvgIpc) is 2.87. The van der Waals surface area contributed by atoms with E-state index in [1.807, 2.05) is 17.1 Å². The monoisotopic (exact) mass is 369 g/mol. The van der Waals surface area contributed by atoms with Crippen molar-refractivity contribution in [1.29, 1.82) is 0 Å². The van der Waals surface area contributed by atoms with Gasteiger partial charge in [-0.05, 0) is 53.1 Å². The molecule has 0 unspecified atom stereocenters. The van der Waals surface area contributed by atoms with Gasteiger partial charge in [0.15, 0.2) is 0 Å². The first-order valence-electron chi connectivity index (χ1n) is 6.75. The second-order valence-corrected chi connectivity index (χ2v) is 5.91. The summed E-state index contributed by atoms with van der Waals surface area (Å²) in [7, 11) is 0. The minimum absolute atomic E-state index is 0.618. The highest BCUT2D eigenvalue weighted by atomic mass is 127. The van der Waals surface area contributed by atoms with E-state index in [1.165, 1.54) is 18.4 Å². The lowest BCUT2D eigenvalue weighted by molar-refractivity contribution is 0.484. The Balaban J connectivity index is 1.98. The van der Waals surface area contributed by atoms with Crippen molar-refractivity contribution in [3.05, 3.63) is 45.8 Å². The summed E-state index contributed by atoms with van der Waals surface area (Å²) in [5, 5.41) is 7.89. The van der Waals surface area contributed by atoms with Crippen LogP contribution in [0.25, 0.3) is 5.69 Å². The van der Waals surface area contributed by atoms with Crippen LogP contribution in [-0.2, 0) is 6.54 Å².